The third-order valence-electron chi connectivity index (χ3n) is 4.14. The standard InChI is InChI=1S/C16H22N4OS/c1-12(15(21)17-13-8-4-2-3-5-9-13)22-16-19-18-14-10-6-7-11-20(14)16/h6-7,10-13H,2-5,8-9H2,1H3,(H,17,21)/t12-/m1/s1. The Morgan fingerprint density at radius 1 is 1.27 bits per heavy atom. The lowest BCUT2D eigenvalue weighted by molar-refractivity contribution is -0.121. The van der Waals surface area contributed by atoms with E-state index >= 15 is 0 Å². The number of fused-ring (bicyclic) bond motifs is 1. The summed E-state index contributed by atoms with van der Waals surface area (Å²) < 4.78 is 1.92. The van der Waals surface area contributed by atoms with Gasteiger partial charge in [-0.2, -0.15) is 0 Å². The molecule has 0 saturated heterocycles. The van der Waals surface area contributed by atoms with Crippen LogP contribution < -0.4 is 5.32 Å². The van der Waals surface area contributed by atoms with Crippen LogP contribution in [-0.4, -0.2) is 31.8 Å². The zero-order valence-electron chi connectivity index (χ0n) is 12.9. The Morgan fingerprint density at radius 3 is 2.82 bits per heavy atom. The van der Waals surface area contributed by atoms with Gasteiger partial charge in [0.2, 0.25) is 5.91 Å². The van der Waals surface area contributed by atoms with Gasteiger partial charge in [-0.1, -0.05) is 43.5 Å². The maximum Gasteiger partial charge on any atom is 0.233 e. The molecule has 1 amide bonds. The van der Waals surface area contributed by atoms with Gasteiger partial charge in [-0.05, 0) is 31.9 Å². The summed E-state index contributed by atoms with van der Waals surface area (Å²) >= 11 is 1.46. The number of nitrogens with zero attached hydrogens (tertiary/aromatic N) is 3. The van der Waals surface area contributed by atoms with E-state index in [0.29, 0.717) is 6.04 Å². The topological polar surface area (TPSA) is 59.3 Å². The van der Waals surface area contributed by atoms with Crippen LogP contribution in [0.1, 0.15) is 45.4 Å². The zero-order chi connectivity index (χ0) is 15.4. The number of hydrogen-bond donors (Lipinski definition) is 1. The van der Waals surface area contributed by atoms with Gasteiger partial charge in [0.1, 0.15) is 0 Å². The number of hydrogen-bond acceptors (Lipinski definition) is 4. The molecule has 1 aliphatic rings. The minimum Gasteiger partial charge on any atom is -0.352 e. The second kappa shape index (κ2) is 7.13. The van der Waals surface area contributed by atoms with E-state index < -0.39 is 0 Å². The quantitative estimate of drug-likeness (QED) is 0.695. The lowest BCUT2D eigenvalue weighted by Gasteiger charge is -2.18. The minimum absolute atomic E-state index is 0.101. The largest absolute Gasteiger partial charge is 0.352 e. The van der Waals surface area contributed by atoms with Gasteiger partial charge in [-0.15, -0.1) is 10.2 Å². The Morgan fingerprint density at radius 2 is 2.05 bits per heavy atom. The van der Waals surface area contributed by atoms with E-state index in [1.54, 1.807) is 0 Å². The van der Waals surface area contributed by atoms with Crippen molar-refractivity contribution in [2.24, 2.45) is 0 Å². The molecule has 118 valence electrons. The van der Waals surface area contributed by atoms with E-state index in [1.807, 2.05) is 35.7 Å². The molecule has 1 aliphatic carbocycles. The molecule has 2 aromatic rings. The van der Waals surface area contributed by atoms with E-state index in [0.717, 1.165) is 23.6 Å². The average molecular weight is 318 g/mol. The molecule has 0 aromatic carbocycles. The van der Waals surface area contributed by atoms with Gasteiger partial charge < -0.3 is 5.32 Å². The number of rotatable bonds is 4. The molecule has 0 radical (unpaired) electrons. The van der Waals surface area contributed by atoms with Crippen molar-refractivity contribution >= 4 is 23.3 Å². The van der Waals surface area contributed by atoms with Gasteiger partial charge in [-0.3, -0.25) is 9.20 Å². The van der Waals surface area contributed by atoms with Crippen molar-refractivity contribution in [1.82, 2.24) is 19.9 Å². The number of thioether (sulfide) groups is 1. The predicted octanol–water partition coefficient (Wildman–Crippen LogP) is 3.05. The average Bonchev–Trinajstić information content (AvgIpc) is 2.75. The molecule has 0 spiro atoms. The summed E-state index contributed by atoms with van der Waals surface area (Å²) in [5, 5.41) is 12.1. The van der Waals surface area contributed by atoms with Crippen LogP contribution in [0, 0.1) is 0 Å². The Kier molecular flexibility index (Phi) is 4.97. The van der Waals surface area contributed by atoms with Gasteiger partial charge in [0.15, 0.2) is 10.8 Å². The van der Waals surface area contributed by atoms with Crippen molar-refractivity contribution in [2.45, 2.75) is 61.9 Å². The van der Waals surface area contributed by atoms with Crippen molar-refractivity contribution in [3.05, 3.63) is 24.4 Å². The normalized spacial score (nSPS) is 18.0. The molecule has 1 N–H and O–H groups in total. The van der Waals surface area contributed by atoms with E-state index in [1.165, 1.54) is 37.4 Å². The Hall–Kier alpha value is -1.56. The summed E-state index contributed by atoms with van der Waals surface area (Å²) in [4.78, 5) is 12.4. The first-order valence-corrected chi connectivity index (χ1v) is 8.89. The second-order valence-corrected chi connectivity index (χ2v) is 7.18. The molecule has 2 heterocycles. The zero-order valence-corrected chi connectivity index (χ0v) is 13.7. The summed E-state index contributed by atoms with van der Waals surface area (Å²) in [5.74, 6) is 0.101. The second-order valence-electron chi connectivity index (χ2n) is 5.87. The molecule has 0 unspecified atom stereocenters. The van der Waals surface area contributed by atoms with Gasteiger partial charge >= 0.3 is 0 Å². The van der Waals surface area contributed by atoms with Gasteiger partial charge in [-0.25, -0.2) is 0 Å². The molecule has 6 heteroatoms. The summed E-state index contributed by atoms with van der Waals surface area (Å²) in [7, 11) is 0. The number of amides is 1. The van der Waals surface area contributed by atoms with Crippen molar-refractivity contribution in [2.75, 3.05) is 0 Å². The van der Waals surface area contributed by atoms with Crippen LogP contribution in [0.15, 0.2) is 29.6 Å². The summed E-state index contributed by atoms with van der Waals surface area (Å²) in [6.07, 6.45) is 9.18. The van der Waals surface area contributed by atoms with Crippen molar-refractivity contribution < 1.29 is 4.79 Å². The third-order valence-corrected chi connectivity index (χ3v) is 5.19. The monoisotopic (exact) mass is 318 g/mol. The van der Waals surface area contributed by atoms with E-state index in [-0.39, 0.29) is 11.2 Å². The number of nitrogens with one attached hydrogen (secondary N) is 1. The minimum atomic E-state index is -0.171. The van der Waals surface area contributed by atoms with Crippen LogP contribution in [0.4, 0.5) is 0 Å². The van der Waals surface area contributed by atoms with Crippen LogP contribution in [0.25, 0.3) is 5.65 Å². The summed E-state index contributed by atoms with van der Waals surface area (Å²) in [5.41, 5.74) is 0.807. The fourth-order valence-electron chi connectivity index (χ4n) is 2.85. The Balaban J connectivity index is 1.61. The fraction of sp³-hybridized carbons (Fsp3) is 0.562. The number of carbonyl (C=O) groups excluding carboxylic acids is 1. The molecule has 1 saturated carbocycles. The molecule has 0 aliphatic heterocycles. The van der Waals surface area contributed by atoms with Gasteiger partial charge in [0, 0.05) is 12.2 Å². The van der Waals surface area contributed by atoms with Crippen LogP contribution in [0.5, 0.6) is 0 Å². The molecular weight excluding hydrogens is 296 g/mol. The SMILES string of the molecule is C[C@@H](Sc1nnc2ccccn12)C(=O)NC1CCCCCC1. The fourth-order valence-corrected chi connectivity index (χ4v) is 3.70. The summed E-state index contributed by atoms with van der Waals surface area (Å²) in [6, 6.07) is 6.12. The molecular formula is C16H22N4OS. The van der Waals surface area contributed by atoms with Gasteiger partial charge in [0.25, 0.3) is 0 Å². The maximum atomic E-state index is 12.4. The van der Waals surface area contributed by atoms with E-state index in [2.05, 4.69) is 15.5 Å². The third kappa shape index (κ3) is 3.61. The van der Waals surface area contributed by atoms with Crippen molar-refractivity contribution in [3.8, 4) is 0 Å². The molecule has 2 aromatic heterocycles. The molecule has 0 bridgehead atoms. The van der Waals surface area contributed by atoms with Crippen LogP contribution >= 0.6 is 11.8 Å². The molecule has 1 fully saturated rings. The smallest absolute Gasteiger partial charge is 0.233 e. The first kappa shape index (κ1) is 15.3. The van der Waals surface area contributed by atoms with Gasteiger partial charge in [0.05, 0.1) is 5.25 Å². The van der Waals surface area contributed by atoms with E-state index in [9.17, 15) is 4.79 Å². The Labute approximate surface area is 134 Å². The Bertz CT molecular complexity index is 634. The predicted molar refractivity (Wildman–Crippen MR) is 87.9 cm³/mol. The van der Waals surface area contributed by atoms with Crippen LogP contribution in [0.2, 0.25) is 0 Å². The molecule has 22 heavy (non-hydrogen) atoms. The van der Waals surface area contributed by atoms with Crippen molar-refractivity contribution in [3.63, 3.8) is 0 Å². The summed E-state index contributed by atoms with van der Waals surface area (Å²) in [6.45, 7) is 1.93. The van der Waals surface area contributed by atoms with E-state index in [4.69, 9.17) is 0 Å². The van der Waals surface area contributed by atoms with Crippen LogP contribution in [0.3, 0.4) is 0 Å². The molecule has 1 atom stereocenters. The molecule has 5 nitrogen and oxygen atoms in total. The number of pyridine rings is 1. The number of aromatic nitrogens is 3. The lowest BCUT2D eigenvalue weighted by Crippen LogP contribution is -2.39. The maximum absolute atomic E-state index is 12.4. The highest BCUT2D eigenvalue weighted by Crippen LogP contribution is 2.23. The highest BCUT2D eigenvalue weighted by atomic mass is 32.2. The van der Waals surface area contributed by atoms with Crippen molar-refractivity contribution in [1.29, 1.82) is 0 Å². The highest BCUT2D eigenvalue weighted by Gasteiger charge is 2.21. The van der Waals surface area contributed by atoms with Crippen LogP contribution in [-0.2, 0) is 4.79 Å². The first-order chi connectivity index (χ1) is 10.7. The lowest BCUT2D eigenvalue weighted by atomic mass is 10.1. The highest BCUT2D eigenvalue weighted by molar-refractivity contribution is 8.00. The first-order valence-electron chi connectivity index (χ1n) is 8.01. The molecule has 3 rings (SSSR count). The number of carbonyl (C=O) groups is 1.